The number of guanidine groups is 1. The third kappa shape index (κ3) is 5.32. The highest BCUT2D eigenvalue weighted by molar-refractivity contribution is 7.19. The predicted molar refractivity (Wildman–Crippen MR) is 117 cm³/mol. The van der Waals surface area contributed by atoms with Crippen LogP contribution < -0.4 is 10.6 Å². The molecule has 0 fully saturated rings. The van der Waals surface area contributed by atoms with E-state index in [2.05, 4.69) is 46.0 Å². The first kappa shape index (κ1) is 20.3. The summed E-state index contributed by atoms with van der Waals surface area (Å²) in [6.45, 7) is 4.30. The number of nitrogens with zero attached hydrogens (tertiary/aromatic N) is 1. The summed E-state index contributed by atoms with van der Waals surface area (Å²) in [4.78, 5) is 5.62. The van der Waals surface area contributed by atoms with Crippen molar-refractivity contribution in [1.29, 1.82) is 0 Å². The fourth-order valence-electron chi connectivity index (χ4n) is 2.97. The summed E-state index contributed by atoms with van der Waals surface area (Å²) in [6.07, 6.45) is -0.581. The summed E-state index contributed by atoms with van der Waals surface area (Å²) in [5.41, 5.74) is 2.27. The molecule has 0 saturated carbocycles. The maximum absolute atomic E-state index is 10.6. The van der Waals surface area contributed by atoms with Crippen LogP contribution in [-0.2, 0) is 17.9 Å². The van der Waals surface area contributed by atoms with Crippen molar-refractivity contribution in [2.45, 2.75) is 26.2 Å². The summed E-state index contributed by atoms with van der Waals surface area (Å²) >= 11 is 1.62. The molecule has 0 radical (unpaired) electrons. The highest BCUT2D eigenvalue weighted by atomic mass is 32.1. The lowest BCUT2D eigenvalue weighted by Gasteiger charge is -2.15. The van der Waals surface area contributed by atoms with Gasteiger partial charge in [-0.05, 0) is 35.6 Å². The first-order valence-corrected chi connectivity index (χ1v) is 10.3. The van der Waals surface area contributed by atoms with Crippen LogP contribution in [0.4, 0.5) is 0 Å². The fraction of sp³-hybridized carbons (Fsp3) is 0.318. The van der Waals surface area contributed by atoms with Gasteiger partial charge >= 0.3 is 0 Å². The third-order valence-corrected chi connectivity index (χ3v) is 5.62. The third-order valence-electron chi connectivity index (χ3n) is 4.41. The molecule has 0 aliphatic rings. The van der Waals surface area contributed by atoms with Gasteiger partial charge in [0.05, 0.1) is 13.2 Å². The van der Waals surface area contributed by atoms with Crippen LogP contribution in [0.15, 0.2) is 59.6 Å². The molecule has 3 N–H and O–H groups in total. The molecule has 28 heavy (non-hydrogen) atoms. The van der Waals surface area contributed by atoms with E-state index in [9.17, 15) is 5.11 Å². The second-order valence-electron chi connectivity index (χ2n) is 6.48. The number of fused-ring (bicyclic) bond motifs is 1. The number of thiophene rings is 1. The molecule has 0 saturated heterocycles. The highest BCUT2D eigenvalue weighted by Crippen LogP contribution is 2.29. The van der Waals surface area contributed by atoms with E-state index in [4.69, 9.17) is 4.74 Å². The zero-order valence-electron chi connectivity index (χ0n) is 16.3. The number of aliphatic imine (C=N–C) groups is 1. The summed E-state index contributed by atoms with van der Waals surface area (Å²) < 4.78 is 6.45. The van der Waals surface area contributed by atoms with E-state index in [0.717, 1.165) is 27.9 Å². The van der Waals surface area contributed by atoms with E-state index in [0.29, 0.717) is 25.7 Å². The quantitative estimate of drug-likeness (QED) is 0.399. The maximum atomic E-state index is 10.6. The van der Waals surface area contributed by atoms with Crippen LogP contribution in [0, 0.1) is 0 Å². The number of aliphatic hydroxyl groups excluding tert-OH is 1. The van der Waals surface area contributed by atoms with E-state index < -0.39 is 6.10 Å². The predicted octanol–water partition coefficient (Wildman–Crippen LogP) is 3.84. The van der Waals surface area contributed by atoms with Gasteiger partial charge in [-0.25, -0.2) is 4.99 Å². The Morgan fingerprint density at radius 3 is 2.61 bits per heavy atom. The Morgan fingerprint density at radius 2 is 1.86 bits per heavy atom. The molecule has 1 unspecified atom stereocenters. The Hall–Kier alpha value is -2.41. The molecule has 3 aromatic rings. The standard InChI is InChI=1S/C22H27N3O2S/c1-3-23-22(24-13-17-9-4-5-10-18(17)15-27-2)25-14-19(26)21-12-16-8-6-7-11-20(16)28-21/h4-12,19,26H,3,13-15H2,1-2H3,(H2,23,24,25). The van der Waals surface area contributed by atoms with E-state index >= 15 is 0 Å². The van der Waals surface area contributed by atoms with Crippen LogP contribution in [0.3, 0.4) is 0 Å². The van der Waals surface area contributed by atoms with Crippen molar-refractivity contribution in [3.05, 3.63) is 70.6 Å². The van der Waals surface area contributed by atoms with Gasteiger partial charge < -0.3 is 20.5 Å². The smallest absolute Gasteiger partial charge is 0.191 e. The molecule has 148 valence electrons. The molecule has 1 heterocycles. The maximum Gasteiger partial charge on any atom is 0.191 e. The molecule has 5 nitrogen and oxygen atoms in total. The fourth-order valence-corrected chi connectivity index (χ4v) is 4.03. The monoisotopic (exact) mass is 397 g/mol. The first-order chi connectivity index (χ1) is 13.7. The van der Waals surface area contributed by atoms with Gasteiger partial charge in [0.1, 0.15) is 6.10 Å². The summed E-state index contributed by atoms with van der Waals surface area (Å²) in [5, 5.41) is 18.2. The number of benzene rings is 2. The Kier molecular flexibility index (Phi) is 7.42. The topological polar surface area (TPSA) is 65.9 Å². The van der Waals surface area contributed by atoms with Crippen molar-refractivity contribution >= 4 is 27.4 Å². The van der Waals surface area contributed by atoms with Gasteiger partial charge in [0.2, 0.25) is 0 Å². The van der Waals surface area contributed by atoms with Crippen LogP contribution >= 0.6 is 11.3 Å². The van der Waals surface area contributed by atoms with Crippen LogP contribution in [0.25, 0.3) is 10.1 Å². The van der Waals surface area contributed by atoms with Crippen LogP contribution in [0.2, 0.25) is 0 Å². The normalized spacial score (nSPS) is 12.9. The van der Waals surface area contributed by atoms with Gasteiger partial charge in [0.15, 0.2) is 5.96 Å². The van der Waals surface area contributed by atoms with Crippen molar-refractivity contribution in [3.8, 4) is 0 Å². The number of aliphatic hydroxyl groups is 1. The second-order valence-corrected chi connectivity index (χ2v) is 7.60. The van der Waals surface area contributed by atoms with Gasteiger partial charge in [0, 0.05) is 29.8 Å². The molecule has 0 bridgehead atoms. The average molecular weight is 398 g/mol. The minimum atomic E-state index is -0.581. The SMILES string of the molecule is CCNC(=NCc1ccccc1COC)NCC(O)c1cc2ccccc2s1. The molecule has 0 aliphatic carbocycles. The zero-order valence-corrected chi connectivity index (χ0v) is 17.1. The van der Waals surface area contributed by atoms with E-state index in [1.807, 2.05) is 31.2 Å². The largest absolute Gasteiger partial charge is 0.386 e. The van der Waals surface area contributed by atoms with Crippen LogP contribution in [-0.4, -0.2) is 31.3 Å². The van der Waals surface area contributed by atoms with Crippen molar-refractivity contribution in [3.63, 3.8) is 0 Å². The first-order valence-electron chi connectivity index (χ1n) is 9.45. The lowest BCUT2D eigenvalue weighted by Crippen LogP contribution is -2.39. The molecule has 0 spiro atoms. The second kappa shape index (κ2) is 10.2. The van der Waals surface area contributed by atoms with Crippen molar-refractivity contribution in [2.24, 2.45) is 4.99 Å². The van der Waals surface area contributed by atoms with Crippen molar-refractivity contribution in [2.75, 3.05) is 20.2 Å². The molecule has 6 heteroatoms. The molecule has 0 aliphatic heterocycles. The molecule has 0 amide bonds. The Labute approximate surface area is 170 Å². The van der Waals surface area contributed by atoms with E-state index in [1.165, 1.54) is 4.70 Å². The number of nitrogens with one attached hydrogen (secondary N) is 2. The lowest BCUT2D eigenvalue weighted by atomic mass is 10.1. The minimum absolute atomic E-state index is 0.401. The highest BCUT2D eigenvalue weighted by Gasteiger charge is 2.12. The number of hydrogen-bond donors (Lipinski definition) is 3. The molecule has 1 aromatic heterocycles. The average Bonchev–Trinajstić information content (AvgIpc) is 3.15. The van der Waals surface area contributed by atoms with Gasteiger partial charge in [0.25, 0.3) is 0 Å². The Balaban J connectivity index is 1.64. The molecule has 1 atom stereocenters. The zero-order chi connectivity index (χ0) is 19.8. The van der Waals surface area contributed by atoms with Gasteiger partial charge in [-0.1, -0.05) is 42.5 Å². The van der Waals surface area contributed by atoms with Crippen molar-refractivity contribution < 1.29 is 9.84 Å². The minimum Gasteiger partial charge on any atom is -0.386 e. The summed E-state index contributed by atoms with van der Waals surface area (Å²) in [7, 11) is 1.70. The van der Waals surface area contributed by atoms with E-state index in [1.54, 1.807) is 18.4 Å². The summed E-state index contributed by atoms with van der Waals surface area (Å²) in [6, 6.07) is 18.4. The van der Waals surface area contributed by atoms with Gasteiger partial charge in [-0.3, -0.25) is 0 Å². The molecule has 2 aromatic carbocycles. The van der Waals surface area contributed by atoms with Gasteiger partial charge in [-0.15, -0.1) is 11.3 Å². The number of methoxy groups -OCH3 is 1. The number of hydrogen-bond acceptors (Lipinski definition) is 4. The summed E-state index contributed by atoms with van der Waals surface area (Å²) in [5.74, 6) is 0.690. The lowest BCUT2D eigenvalue weighted by molar-refractivity contribution is 0.184. The van der Waals surface area contributed by atoms with Crippen LogP contribution in [0.5, 0.6) is 0 Å². The Morgan fingerprint density at radius 1 is 1.11 bits per heavy atom. The molecular formula is C22H27N3O2S. The Bertz CT molecular complexity index is 890. The molecular weight excluding hydrogens is 370 g/mol. The molecule has 3 rings (SSSR count). The number of ether oxygens (including phenoxy) is 1. The van der Waals surface area contributed by atoms with Crippen molar-refractivity contribution in [1.82, 2.24) is 10.6 Å². The van der Waals surface area contributed by atoms with Gasteiger partial charge in [-0.2, -0.15) is 0 Å². The van der Waals surface area contributed by atoms with E-state index in [-0.39, 0.29) is 0 Å². The van der Waals surface area contributed by atoms with Crippen LogP contribution in [0.1, 0.15) is 29.0 Å². The number of rotatable bonds is 8.